The number of allylic oxidation sites excluding steroid dienone is 3. The molecular weight excluding hydrogens is 497 g/mol. The highest BCUT2D eigenvalue weighted by atomic mass is 28.4. The van der Waals surface area contributed by atoms with Crippen LogP contribution >= 0.6 is 0 Å². The van der Waals surface area contributed by atoms with Crippen LogP contribution in [0.5, 0.6) is 0 Å². The van der Waals surface area contributed by atoms with Crippen molar-refractivity contribution in [3.63, 3.8) is 0 Å². The van der Waals surface area contributed by atoms with Crippen molar-refractivity contribution in [2.24, 2.45) is 17.8 Å². The van der Waals surface area contributed by atoms with Crippen LogP contribution < -0.4 is 10.4 Å². The monoisotopic (exact) mass is 546 g/mol. The lowest BCUT2D eigenvalue weighted by Crippen LogP contribution is -2.67. The van der Waals surface area contributed by atoms with Gasteiger partial charge in [0, 0.05) is 12.5 Å². The molecule has 4 rings (SSSR count). The molecule has 0 unspecified atom stereocenters. The summed E-state index contributed by atoms with van der Waals surface area (Å²) in [5, 5.41) is 2.88. The molecule has 0 aliphatic heterocycles. The number of rotatable bonds is 7. The topological polar surface area (TPSA) is 18.5 Å². The standard InChI is InChI=1S/C34H50O2Si2/c1-26-23-24-27-17-16-22-31(36-37(8,9)33(2,3)4)32(27)30(26)25-35-38(34(5,6)7,28-18-12-10-13-19-28)29-20-14-11-15-21-29/h10-15,17-21,23-24,26,30-32H,16,22,25H2,1-9H3/t26-,30-,31-,32-/m0/s1. The number of benzene rings is 2. The fourth-order valence-corrected chi connectivity index (χ4v) is 12.3. The highest BCUT2D eigenvalue weighted by molar-refractivity contribution is 6.99. The van der Waals surface area contributed by atoms with Crippen LogP contribution in [0.15, 0.2) is 84.5 Å². The Hall–Kier alpha value is -1.73. The van der Waals surface area contributed by atoms with E-state index < -0.39 is 16.6 Å². The van der Waals surface area contributed by atoms with Crippen LogP contribution in [0.3, 0.4) is 0 Å². The van der Waals surface area contributed by atoms with E-state index in [2.05, 4.69) is 140 Å². The van der Waals surface area contributed by atoms with E-state index >= 15 is 0 Å². The van der Waals surface area contributed by atoms with Gasteiger partial charge in [0.05, 0.1) is 6.10 Å². The maximum Gasteiger partial charge on any atom is 0.261 e. The summed E-state index contributed by atoms with van der Waals surface area (Å²) in [5.74, 6) is 1.22. The van der Waals surface area contributed by atoms with Crippen molar-refractivity contribution in [2.75, 3.05) is 6.61 Å². The van der Waals surface area contributed by atoms with Crippen molar-refractivity contribution in [3.8, 4) is 0 Å². The first-order chi connectivity index (χ1) is 17.8. The van der Waals surface area contributed by atoms with Crippen molar-refractivity contribution in [2.45, 2.75) is 90.6 Å². The summed E-state index contributed by atoms with van der Waals surface area (Å²) in [6.07, 6.45) is 9.74. The van der Waals surface area contributed by atoms with Crippen LogP contribution in [-0.2, 0) is 8.85 Å². The molecule has 0 radical (unpaired) electrons. The summed E-state index contributed by atoms with van der Waals surface area (Å²) in [6, 6.07) is 22.1. The van der Waals surface area contributed by atoms with Crippen LogP contribution in [0.4, 0.5) is 0 Å². The Morgan fingerprint density at radius 2 is 1.37 bits per heavy atom. The van der Waals surface area contributed by atoms with Gasteiger partial charge in [-0.2, -0.15) is 0 Å². The second-order valence-corrected chi connectivity index (χ2v) is 23.1. The van der Waals surface area contributed by atoms with E-state index in [1.54, 1.807) is 0 Å². The lowest BCUT2D eigenvalue weighted by atomic mass is 9.69. The second kappa shape index (κ2) is 11.0. The fraction of sp³-hybridized carbons (Fsp3) is 0.529. The predicted octanol–water partition coefficient (Wildman–Crippen LogP) is 8.11. The molecule has 0 saturated carbocycles. The summed E-state index contributed by atoms with van der Waals surface area (Å²) in [5.41, 5.74) is 1.47. The quantitative estimate of drug-likeness (QED) is 0.327. The van der Waals surface area contributed by atoms with Crippen LogP contribution in [0.1, 0.15) is 61.3 Å². The maximum absolute atomic E-state index is 7.50. The molecule has 2 aromatic carbocycles. The molecule has 2 aliphatic rings. The predicted molar refractivity (Wildman–Crippen MR) is 168 cm³/mol. The highest BCUT2D eigenvalue weighted by Crippen LogP contribution is 2.46. The first-order valence-corrected chi connectivity index (χ1v) is 19.4. The molecule has 0 aromatic heterocycles. The summed E-state index contributed by atoms with van der Waals surface area (Å²) in [6.45, 7) is 22.1. The third-order valence-corrected chi connectivity index (χ3v) is 19.0. The largest absolute Gasteiger partial charge is 0.413 e. The second-order valence-electron chi connectivity index (χ2n) is 14.1. The summed E-state index contributed by atoms with van der Waals surface area (Å²) < 4.78 is 14.7. The van der Waals surface area contributed by atoms with Gasteiger partial charge >= 0.3 is 0 Å². The Morgan fingerprint density at radius 1 is 0.816 bits per heavy atom. The minimum atomic E-state index is -2.59. The van der Waals surface area contributed by atoms with Gasteiger partial charge in [-0.3, -0.25) is 0 Å². The van der Waals surface area contributed by atoms with Gasteiger partial charge in [-0.25, -0.2) is 0 Å². The Balaban J connectivity index is 1.74. The molecule has 0 spiro atoms. The van der Waals surface area contributed by atoms with E-state index in [0.717, 1.165) is 19.4 Å². The molecule has 2 aromatic rings. The van der Waals surface area contributed by atoms with Crippen LogP contribution in [0.25, 0.3) is 0 Å². The Labute approximate surface area is 234 Å². The lowest BCUT2D eigenvalue weighted by molar-refractivity contribution is 0.0520. The zero-order valence-electron chi connectivity index (χ0n) is 25.3. The van der Waals surface area contributed by atoms with Crippen LogP contribution in [0.2, 0.25) is 23.2 Å². The Kier molecular flexibility index (Phi) is 8.50. The highest BCUT2D eigenvalue weighted by Gasteiger charge is 2.52. The van der Waals surface area contributed by atoms with Gasteiger partial charge in [-0.1, -0.05) is 127 Å². The van der Waals surface area contributed by atoms with E-state index in [9.17, 15) is 0 Å². The van der Waals surface area contributed by atoms with Gasteiger partial charge in [-0.05, 0) is 63.8 Å². The van der Waals surface area contributed by atoms with E-state index in [1.807, 2.05) is 0 Å². The zero-order chi connectivity index (χ0) is 27.8. The van der Waals surface area contributed by atoms with E-state index in [4.69, 9.17) is 8.85 Å². The maximum atomic E-state index is 7.50. The van der Waals surface area contributed by atoms with Crippen molar-refractivity contribution >= 4 is 27.0 Å². The van der Waals surface area contributed by atoms with Gasteiger partial charge in [0.1, 0.15) is 0 Å². The van der Waals surface area contributed by atoms with Crippen LogP contribution in [0, 0.1) is 17.8 Å². The van der Waals surface area contributed by atoms with E-state index in [-0.39, 0.29) is 16.2 Å². The molecule has 0 amide bonds. The van der Waals surface area contributed by atoms with Crippen molar-refractivity contribution in [1.82, 2.24) is 0 Å². The zero-order valence-corrected chi connectivity index (χ0v) is 27.3. The number of fused-ring (bicyclic) bond motifs is 1. The molecule has 2 nitrogen and oxygen atoms in total. The summed E-state index contributed by atoms with van der Waals surface area (Å²) in [4.78, 5) is 0. The molecule has 2 aliphatic carbocycles. The molecule has 0 fully saturated rings. The normalized spacial score (nSPS) is 24.6. The fourth-order valence-electron chi connectivity index (χ4n) is 6.30. The van der Waals surface area contributed by atoms with Crippen molar-refractivity contribution in [3.05, 3.63) is 84.5 Å². The number of hydrogen-bond donors (Lipinski definition) is 0. The molecule has 4 atom stereocenters. The van der Waals surface area contributed by atoms with Crippen molar-refractivity contribution < 1.29 is 8.85 Å². The van der Waals surface area contributed by atoms with E-state index in [0.29, 0.717) is 17.8 Å². The Bertz CT molecular complexity index is 1080. The third-order valence-electron chi connectivity index (χ3n) is 9.51. The van der Waals surface area contributed by atoms with Gasteiger partial charge in [-0.15, -0.1) is 0 Å². The molecule has 38 heavy (non-hydrogen) atoms. The molecular formula is C34H50O2Si2. The molecule has 0 heterocycles. The summed E-state index contributed by atoms with van der Waals surface area (Å²) >= 11 is 0. The average Bonchev–Trinajstić information content (AvgIpc) is 2.85. The van der Waals surface area contributed by atoms with Gasteiger partial charge in [0.15, 0.2) is 8.32 Å². The molecule has 0 saturated heterocycles. The first kappa shape index (κ1) is 29.3. The first-order valence-electron chi connectivity index (χ1n) is 14.6. The van der Waals surface area contributed by atoms with E-state index in [1.165, 1.54) is 15.9 Å². The third kappa shape index (κ3) is 5.61. The minimum Gasteiger partial charge on any atom is -0.413 e. The molecule has 206 valence electrons. The van der Waals surface area contributed by atoms with Gasteiger partial charge in [0.25, 0.3) is 8.32 Å². The molecule has 4 heteroatoms. The van der Waals surface area contributed by atoms with Gasteiger partial charge < -0.3 is 8.85 Å². The number of hydrogen-bond acceptors (Lipinski definition) is 2. The lowest BCUT2D eigenvalue weighted by Gasteiger charge is -2.49. The average molecular weight is 547 g/mol. The van der Waals surface area contributed by atoms with Gasteiger partial charge in [0.2, 0.25) is 0 Å². The SMILES string of the molecule is C[C@H]1C=CC2=CCC[C@H](O[Si](C)(C)C(C)(C)C)[C@@H]2[C@H]1CO[Si](c1ccccc1)(c1ccccc1)C(C)(C)C. The minimum absolute atomic E-state index is 0.0221. The van der Waals surface area contributed by atoms with Crippen LogP contribution in [-0.4, -0.2) is 29.3 Å². The van der Waals surface area contributed by atoms with Crippen molar-refractivity contribution in [1.29, 1.82) is 0 Å². The summed E-state index contributed by atoms with van der Waals surface area (Å²) in [7, 11) is -4.49. The Morgan fingerprint density at radius 3 is 1.87 bits per heavy atom. The molecule has 0 N–H and O–H groups in total. The smallest absolute Gasteiger partial charge is 0.261 e. The molecule has 0 bridgehead atoms.